The van der Waals surface area contributed by atoms with E-state index in [2.05, 4.69) is 47.6 Å². The number of fused-ring (bicyclic) bond motifs is 5. The molecule has 0 aromatic heterocycles. The highest BCUT2D eigenvalue weighted by Crippen LogP contribution is 2.67. The van der Waals surface area contributed by atoms with Gasteiger partial charge in [0.05, 0.1) is 11.7 Å². The van der Waals surface area contributed by atoms with Crippen LogP contribution in [0.3, 0.4) is 0 Å². The van der Waals surface area contributed by atoms with Crippen molar-refractivity contribution >= 4 is 0 Å². The van der Waals surface area contributed by atoms with Gasteiger partial charge in [0, 0.05) is 5.92 Å². The molecule has 178 valence electrons. The molecule has 3 fully saturated rings. The van der Waals surface area contributed by atoms with Crippen LogP contribution in [0.2, 0.25) is 0 Å². The lowest BCUT2D eigenvalue weighted by atomic mass is 9.43. The quantitative estimate of drug-likeness (QED) is 0.440. The predicted octanol–water partition coefficient (Wildman–Crippen LogP) is 7.14. The van der Waals surface area contributed by atoms with Gasteiger partial charge in [-0.15, -0.1) is 0 Å². The summed E-state index contributed by atoms with van der Waals surface area (Å²) in [6.45, 7) is 14.1. The maximum absolute atomic E-state index is 11.0. The van der Waals surface area contributed by atoms with E-state index in [1.807, 2.05) is 0 Å². The van der Waals surface area contributed by atoms with Crippen LogP contribution in [-0.4, -0.2) is 21.9 Å². The Balaban J connectivity index is 1.49. The summed E-state index contributed by atoms with van der Waals surface area (Å²) in [5, 5.41) is 22.0. The number of hydrogen-bond acceptors (Lipinski definition) is 2. The van der Waals surface area contributed by atoms with Gasteiger partial charge in [0.15, 0.2) is 0 Å². The van der Waals surface area contributed by atoms with Gasteiger partial charge in [0.25, 0.3) is 0 Å². The van der Waals surface area contributed by atoms with E-state index in [9.17, 15) is 10.2 Å². The van der Waals surface area contributed by atoms with Gasteiger partial charge < -0.3 is 10.2 Å². The van der Waals surface area contributed by atoms with Crippen LogP contribution in [0.15, 0.2) is 11.6 Å². The van der Waals surface area contributed by atoms with Crippen LogP contribution in [0.4, 0.5) is 0 Å². The molecule has 0 aromatic rings. The van der Waals surface area contributed by atoms with E-state index >= 15 is 0 Å². The first-order valence-electron chi connectivity index (χ1n) is 13.6. The van der Waals surface area contributed by atoms with Crippen molar-refractivity contribution in [3.8, 4) is 0 Å². The van der Waals surface area contributed by atoms with Gasteiger partial charge in [-0.05, 0) is 111 Å². The van der Waals surface area contributed by atoms with Crippen molar-refractivity contribution < 1.29 is 10.2 Å². The zero-order chi connectivity index (χ0) is 22.6. The number of hydrogen-bond donors (Lipinski definition) is 2. The van der Waals surface area contributed by atoms with Gasteiger partial charge in [0.2, 0.25) is 0 Å². The Labute approximate surface area is 192 Å². The molecule has 0 spiro atoms. The van der Waals surface area contributed by atoms with Gasteiger partial charge in [-0.3, -0.25) is 0 Å². The highest BCUT2D eigenvalue weighted by Gasteiger charge is 2.60. The Morgan fingerprint density at radius 3 is 2.42 bits per heavy atom. The fraction of sp³-hybridized carbons (Fsp3) is 0.931. The minimum absolute atomic E-state index is 0.194. The van der Waals surface area contributed by atoms with Crippen molar-refractivity contribution in [3.05, 3.63) is 11.6 Å². The van der Waals surface area contributed by atoms with Crippen LogP contribution in [0, 0.1) is 46.3 Å². The van der Waals surface area contributed by atoms with Crippen molar-refractivity contribution in [2.24, 2.45) is 46.3 Å². The molecule has 31 heavy (non-hydrogen) atoms. The van der Waals surface area contributed by atoms with Crippen LogP contribution in [0.25, 0.3) is 0 Å². The number of aliphatic hydroxyl groups is 2. The molecule has 0 aromatic carbocycles. The van der Waals surface area contributed by atoms with Gasteiger partial charge in [-0.1, -0.05) is 53.2 Å². The largest absolute Gasteiger partial charge is 0.393 e. The first-order valence-corrected chi connectivity index (χ1v) is 13.6. The van der Waals surface area contributed by atoms with Crippen molar-refractivity contribution in [3.63, 3.8) is 0 Å². The monoisotopic (exact) mass is 430 g/mol. The summed E-state index contributed by atoms with van der Waals surface area (Å²) < 4.78 is 0. The second kappa shape index (κ2) is 8.46. The van der Waals surface area contributed by atoms with E-state index in [1.165, 1.54) is 38.5 Å². The third-order valence-corrected chi connectivity index (χ3v) is 11.2. The average Bonchev–Trinajstić information content (AvgIpc) is 3.09. The molecule has 0 aliphatic heterocycles. The third kappa shape index (κ3) is 3.96. The molecule has 2 N–H and O–H groups in total. The summed E-state index contributed by atoms with van der Waals surface area (Å²) in [5.41, 5.74) is 1.91. The highest BCUT2D eigenvalue weighted by atomic mass is 16.3. The predicted molar refractivity (Wildman–Crippen MR) is 130 cm³/mol. The molecule has 3 saturated carbocycles. The van der Waals surface area contributed by atoms with Crippen molar-refractivity contribution in [2.45, 2.75) is 124 Å². The van der Waals surface area contributed by atoms with E-state index < -0.39 is 5.60 Å². The molecule has 2 nitrogen and oxygen atoms in total. The lowest BCUT2D eigenvalue weighted by Gasteiger charge is -2.62. The number of allylic oxidation sites excluding steroid dienone is 1. The van der Waals surface area contributed by atoms with E-state index in [1.54, 1.807) is 5.57 Å². The maximum Gasteiger partial charge on any atom is 0.0648 e. The fourth-order valence-electron chi connectivity index (χ4n) is 8.91. The molecule has 0 bridgehead atoms. The van der Waals surface area contributed by atoms with E-state index in [-0.39, 0.29) is 6.10 Å². The van der Waals surface area contributed by atoms with Crippen molar-refractivity contribution in [2.75, 3.05) is 0 Å². The first-order chi connectivity index (χ1) is 14.5. The Morgan fingerprint density at radius 1 is 1.00 bits per heavy atom. The van der Waals surface area contributed by atoms with Crippen LogP contribution >= 0.6 is 0 Å². The van der Waals surface area contributed by atoms with Crippen molar-refractivity contribution in [1.29, 1.82) is 0 Å². The smallest absolute Gasteiger partial charge is 0.0648 e. The molecular formula is C29H50O2. The highest BCUT2D eigenvalue weighted by molar-refractivity contribution is 5.28. The van der Waals surface area contributed by atoms with Gasteiger partial charge >= 0.3 is 0 Å². The lowest BCUT2D eigenvalue weighted by molar-refractivity contribution is -0.146. The van der Waals surface area contributed by atoms with Gasteiger partial charge in [0.1, 0.15) is 0 Å². The second-order valence-corrected chi connectivity index (χ2v) is 13.1. The topological polar surface area (TPSA) is 40.5 Å². The molecule has 4 rings (SSSR count). The fourth-order valence-corrected chi connectivity index (χ4v) is 8.91. The standard InChI is InChI=1S/C29H50O2/c1-7-29(31)17-16-27(5)21(18-29)9-10-22-24-12-11-23(28(24,6)15-14-25(22)27)20(4)26(30)13-8-19(2)3/h11,19-22,24-26,30-31H,7-10,12-18H2,1-6H3/t20-,21?,22+,24-,25-,26-,27+,28+,29-/m0/s1. The summed E-state index contributed by atoms with van der Waals surface area (Å²) in [6.07, 6.45) is 15.1. The molecular weight excluding hydrogens is 380 g/mol. The Bertz CT molecular complexity index is 682. The van der Waals surface area contributed by atoms with Crippen LogP contribution in [0.5, 0.6) is 0 Å². The molecule has 0 amide bonds. The molecule has 0 heterocycles. The summed E-state index contributed by atoms with van der Waals surface area (Å²) in [6, 6.07) is 0. The Kier molecular flexibility index (Phi) is 6.50. The van der Waals surface area contributed by atoms with Gasteiger partial charge in [-0.25, -0.2) is 0 Å². The van der Waals surface area contributed by atoms with Gasteiger partial charge in [-0.2, -0.15) is 0 Å². The van der Waals surface area contributed by atoms with Crippen LogP contribution in [0.1, 0.15) is 112 Å². The normalized spacial score (nSPS) is 46.7. The minimum Gasteiger partial charge on any atom is -0.393 e. The summed E-state index contributed by atoms with van der Waals surface area (Å²) in [4.78, 5) is 0. The SMILES string of the molecule is CC[C@]1(O)CC[C@]2(C)C(CC[C@@H]3[C@@H]4CC=C([C@H](C)[C@@H](O)CCC(C)C)[C@@]4(C)CC[C@@H]32)C1. The van der Waals surface area contributed by atoms with Crippen LogP contribution in [-0.2, 0) is 0 Å². The molecule has 1 unspecified atom stereocenters. The summed E-state index contributed by atoms with van der Waals surface area (Å²) in [7, 11) is 0. The van der Waals surface area contributed by atoms with Crippen LogP contribution < -0.4 is 0 Å². The molecule has 9 atom stereocenters. The third-order valence-electron chi connectivity index (χ3n) is 11.2. The summed E-state index contributed by atoms with van der Waals surface area (Å²) >= 11 is 0. The first kappa shape index (κ1) is 23.8. The zero-order valence-electron chi connectivity index (χ0n) is 21.3. The minimum atomic E-state index is -0.399. The Hall–Kier alpha value is -0.340. The molecule has 0 radical (unpaired) electrons. The average molecular weight is 431 g/mol. The van der Waals surface area contributed by atoms with E-state index in [4.69, 9.17) is 0 Å². The molecule has 0 saturated heterocycles. The van der Waals surface area contributed by atoms with E-state index in [0.717, 1.165) is 49.9 Å². The Morgan fingerprint density at radius 2 is 1.74 bits per heavy atom. The number of rotatable bonds is 6. The van der Waals surface area contributed by atoms with E-state index in [0.29, 0.717) is 28.6 Å². The van der Waals surface area contributed by atoms with Crippen molar-refractivity contribution in [1.82, 2.24) is 0 Å². The lowest BCUT2D eigenvalue weighted by Crippen LogP contribution is -2.55. The maximum atomic E-state index is 11.0. The summed E-state index contributed by atoms with van der Waals surface area (Å²) in [5.74, 6) is 4.11. The second-order valence-electron chi connectivity index (χ2n) is 13.1. The number of aliphatic hydroxyl groups excluding tert-OH is 1. The zero-order valence-corrected chi connectivity index (χ0v) is 21.3. The molecule has 4 aliphatic carbocycles. The molecule has 4 aliphatic rings. The molecule has 2 heteroatoms.